The van der Waals surface area contributed by atoms with E-state index in [9.17, 15) is 22.4 Å². The number of hydrogen-bond donors (Lipinski definition) is 1. The lowest BCUT2D eigenvalue weighted by Crippen LogP contribution is -2.47. The van der Waals surface area contributed by atoms with Crippen molar-refractivity contribution in [2.45, 2.75) is 54.9 Å². The number of alkyl halides is 3. The van der Waals surface area contributed by atoms with Gasteiger partial charge >= 0.3 is 3.93 Å². The maximum Gasteiger partial charge on any atom is 0.302 e. The summed E-state index contributed by atoms with van der Waals surface area (Å²) in [5.74, 6) is -2.76. The standard InChI is InChI=1S/C25H26F4INO/c1-15(9-21(27)10-16(2)26)13-24(3)22-12-18(7-8-19(22)14-31-23(24)32)17-5-4-6-20(11-17)25(28,29)30/h4,6-10,12,17,20H,2,5,11,13-14H2,1,3H3,(H,31,32)/b15-9+,21-10+. The Morgan fingerprint density at radius 2 is 2.06 bits per heavy atom. The maximum absolute atomic E-state index is 13.9. The van der Waals surface area contributed by atoms with Gasteiger partial charge in [0.25, 0.3) is 0 Å². The molecule has 1 heterocycles. The zero-order valence-electron chi connectivity index (χ0n) is 18.0. The van der Waals surface area contributed by atoms with Gasteiger partial charge in [-0.1, -0.05) is 42.5 Å². The van der Waals surface area contributed by atoms with Gasteiger partial charge in [-0.15, -0.1) is 0 Å². The van der Waals surface area contributed by atoms with E-state index in [2.05, 4.69) is 11.9 Å². The van der Waals surface area contributed by atoms with Crippen molar-refractivity contribution in [2.75, 3.05) is 0 Å². The first kappa shape index (κ1) is 24.7. The lowest BCUT2D eigenvalue weighted by atomic mass is 9.71. The molecule has 3 atom stereocenters. The smallest absolute Gasteiger partial charge is 0.302 e. The summed E-state index contributed by atoms with van der Waals surface area (Å²) >= 11 is 1.19. The summed E-state index contributed by atoms with van der Waals surface area (Å²) in [4.78, 5) is 12.9. The van der Waals surface area contributed by atoms with E-state index in [1.165, 1.54) is 28.7 Å². The molecule has 1 aliphatic carbocycles. The zero-order chi connectivity index (χ0) is 23.7. The highest BCUT2D eigenvalue weighted by atomic mass is 127. The first-order chi connectivity index (χ1) is 14.9. The fraction of sp³-hybridized carbons (Fsp3) is 0.400. The third-order valence-electron chi connectivity index (χ3n) is 6.20. The summed E-state index contributed by atoms with van der Waals surface area (Å²) in [6, 6.07) is 5.83. The molecule has 0 saturated heterocycles. The molecular weight excluding hydrogens is 533 g/mol. The van der Waals surface area contributed by atoms with Crippen LogP contribution in [-0.4, -0.2) is 9.84 Å². The highest BCUT2D eigenvalue weighted by Crippen LogP contribution is 2.44. The fourth-order valence-electron chi connectivity index (χ4n) is 4.62. The molecular formula is C25H26F4INO. The summed E-state index contributed by atoms with van der Waals surface area (Å²) < 4.78 is 51.7. The Kier molecular flexibility index (Phi) is 7.37. The predicted molar refractivity (Wildman–Crippen MR) is 127 cm³/mol. The average Bonchev–Trinajstić information content (AvgIpc) is 2.69. The Labute approximate surface area is 199 Å². The Hall–Kier alpha value is -1.90. The Bertz CT molecular complexity index is 1010. The minimum absolute atomic E-state index is 0.0715. The molecule has 2 aliphatic rings. The topological polar surface area (TPSA) is 29.1 Å². The lowest BCUT2D eigenvalue weighted by molar-refractivity contribution is -0.127. The van der Waals surface area contributed by atoms with Crippen LogP contribution in [0.1, 0.15) is 55.7 Å². The third kappa shape index (κ3) is 5.53. The molecule has 7 heteroatoms. The summed E-state index contributed by atoms with van der Waals surface area (Å²) in [7, 11) is 0. The monoisotopic (exact) mass is 559 g/mol. The molecule has 0 spiro atoms. The van der Waals surface area contributed by atoms with Gasteiger partial charge in [0.1, 0.15) is 11.7 Å². The van der Waals surface area contributed by atoms with E-state index in [-0.39, 0.29) is 18.2 Å². The van der Waals surface area contributed by atoms with Crippen LogP contribution in [0, 0.1) is 5.92 Å². The summed E-state index contributed by atoms with van der Waals surface area (Å²) in [6.07, 6.45) is 6.49. The lowest BCUT2D eigenvalue weighted by Gasteiger charge is -2.36. The second kappa shape index (κ2) is 9.53. The highest BCUT2D eigenvalue weighted by molar-refractivity contribution is 14.1. The van der Waals surface area contributed by atoms with Crippen LogP contribution in [-0.2, 0) is 16.8 Å². The Balaban J connectivity index is 1.94. The van der Waals surface area contributed by atoms with Crippen molar-refractivity contribution in [1.29, 1.82) is 0 Å². The molecule has 0 radical (unpaired) electrons. The van der Waals surface area contributed by atoms with Crippen LogP contribution in [0.25, 0.3) is 0 Å². The van der Waals surface area contributed by atoms with E-state index in [0.717, 1.165) is 16.7 Å². The van der Waals surface area contributed by atoms with Gasteiger partial charge in [-0.2, -0.15) is 8.78 Å². The van der Waals surface area contributed by atoms with E-state index < -0.39 is 26.9 Å². The molecule has 3 unspecified atom stereocenters. The summed E-state index contributed by atoms with van der Waals surface area (Å²) in [5, 5.41) is 2.89. The van der Waals surface area contributed by atoms with Crippen LogP contribution in [0.3, 0.4) is 0 Å². The molecule has 3 rings (SSSR count). The molecule has 1 N–H and O–H groups in total. The first-order valence-corrected chi connectivity index (χ1v) is 11.5. The molecule has 172 valence electrons. The Morgan fingerprint density at radius 3 is 2.72 bits per heavy atom. The van der Waals surface area contributed by atoms with E-state index in [4.69, 9.17) is 0 Å². The number of carbonyl (C=O) groups is 1. The zero-order valence-corrected chi connectivity index (χ0v) is 20.2. The highest BCUT2D eigenvalue weighted by Gasteiger charge is 2.41. The predicted octanol–water partition coefficient (Wildman–Crippen LogP) is 7.32. The van der Waals surface area contributed by atoms with Crippen LogP contribution < -0.4 is 5.32 Å². The largest absolute Gasteiger partial charge is 0.351 e. The molecule has 0 saturated carbocycles. The molecule has 2 nitrogen and oxygen atoms in total. The van der Waals surface area contributed by atoms with Gasteiger partial charge in [0.15, 0.2) is 0 Å². The first-order valence-electron chi connectivity index (χ1n) is 10.4. The van der Waals surface area contributed by atoms with Crippen molar-refractivity contribution in [3.8, 4) is 0 Å². The number of benzene rings is 1. The molecule has 0 fully saturated rings. The number of amides is 1. The molecule has 0 bridgehead atoms. The number of carbonyl (C=O) groups excluding carboxylic acids is 1. The van der Waals surface area contributed by atoms with Crippen molar-refractivity contribution < 1.29 is 22.4 Å². The van der Waals surface area contributed by atoms with Crippen LogP contribution in [0.2, 0.25) is 0 Å². The third-order valence-corrected chi connectivity index (χ3v) is 7.00. The van der Waals surface area contributed by atoms with Crippen molar-refractivity contribution in [3.05, 3.63) is 83.0 Å². The van der Waals surface area contributed by atoms with Gasteiger partial charge in [0.05, 0.1) is 11.3 Å². The minimum Gasteiger partial charge on any atom is -0.351 e. The second-order valence-corrected chi connectivity index (χ2v) is 10.3. The SMILES string of the molecule is C=C(F)/C=C(F)\C=C(/C)CC1(C)C(=O)NCc2ccc(C3CC=CC(C(F)(F)I)C3)cc21. The van der Waals surface area contributed by atoms with Gasteiger partial charge < -0.3 is 5.32 Å². The molecule has 1 amide bonds. The van der Waals surface area contributed by atoms with E-state index in [1.807, 2.05) is 18.2 Å². The number of nitrogens with one attached hydrogen (secondary N) is 1. The maximum atomic E-state index is 13.9. The number of fused-ring (bicyclic) bond motifs is 1. The molecule has 32 heavy (non-hydrogen) atoms. The molecule has 1 aliphatic heterocycles. The molecule has 1 aromatic carbocycles. The summed E-state index contributed by atoms with van der Waals surface area (Å²) in [6.45, 7) is 6.87. The van der Waals surface area contributed by atoms with Crippen LogP contribution >= 0.6 is 22.6 Å². The number of rotatable bonds is 6. The quantitative estimate of drug-likeness (QED) is 0.128. The summed E-state index contributed by atoms with van der Waals surface area (Å²) in [5.41, 5.74) is 2.29. The van der Waals surface area contributed by atoms with E-state index in [0.29, 0.717) is 31.0 Å². The van der Waals surface area contributed by atoms with E-state index in [1.54, 1.807) is 26.0 Å². The number of hydrogen-bond acceptors (Lipinski definition) is 1. The van der Waals surface area contributed by atoms with Crippen molar-refractivity contribution in [1.82, 2.24) is 5.32 Å². The van der Waals surface area contributed by atoms with Crippen molar-refractivity contribution in [2.24, 2.45) is 5.92 Å². The van der Waals surface area contributed by atoms with Gasteiger partial charge in [-0.3, -0.25) is 4.79 Å². The van der Waals surface area contributed by atoms with Crippen LogP contribution in [0.15, 0.2) is 66.3 Å². The van der Waals surface area contributed by atoms with Crippen LogP contribution in [0.5, 0.6) is 0 Å². The van der Waals surface area contributed by atoms with Gasteiger partial charge in [-0.05, 0) is 84.4 Å². The van der Waals surface area contributed by atoms with Gasteiger partial charge in [0, 0.05) is 12.6 Å². The normalized spacial score (nSPS) is 26.5. The Morgan fingerprint density at radius 1 is 1.34 bits per heavy atom. The van der Waals surface area contributed by atoms with Crippen molar-refractivity contribution in [3.63, 3.8) is 0 Å². The number of allylic oxidation sites excluding steroid dienone is 7. The average molecular weight is 559 g/mol. The van der Waals surface area contributed by atoms with Crippen molar-refractivity contribution >= 4 is 28.5 Å². The van der Waals surface area contributed by atoms with Gasteiger partial charge in [0.2, 0.25) is 5.91 Å². The number of halogens is 5. The molecule has 1 aromatic rings. The van der Waals surface area contributed by atoms with E-state index >= 15 is 0 Å². The van der Waals surface area contributed by atoms with Crippen LogP contribution in [0.4, 0.5) is 17.6 Å². The van der Waals surface area contributed by atoms with Gasteiger partial charge in [-0.25, -0.2) is 8.78 Å². The second-order valence-electron chi connectivity index (χ2n) is 8.82. The molecule has 0 aromatic heterocycles. The minimum atomic E-state index is -2.82. The fourth-order valence-corrected chi connectivity index (χ4v) is 5.08.